The molecule has 2 rings (SSSR count). The first kappa shape index (κ1) is 13.6. The summed E-state index contributed by atoms with van der Waals surface area (Å²) in [7, 11) is 0. The largest absolute Gasteiger partial charge is 0.414 e. The molecule has 0 aliphatic rings. The number of carbonyl (C=O) groups excluding carboxylic acids is 1. The van der Waals surface area contributed by atoms with E-state index in [4.69, 9.17) is 4.52 Å². The van der Waals surface area contributed by atoms with E-state index in [1.165, 1.54) is 17.4 Å². The van der Waals surface area contributed by atoms with Gasteiger partial charge in [-0.15, -0.1) is 11.3 Å². The third kappa shape index (κ3) is 3.80. The van der Waals surface area contributed by atoms with Gasteiger partial charge in [0.15, 0.2) is 18.1 Å². The summed E-state index contributed by atoms with van der Waals surface area (Å²) in [5, 5.41) is 5.26. The molecule has 0 aliphatic carbocycles. The Morgan fingerprint density at radius 2 is 2.32 bits per heavy atom. The molecule has 102 valence electrons. The Balaban J connectivity index is 1.93. The van der Waals surface area contributed by atoms with Crippen molar-refractivity contribution in [2.75, 3.05) is 6.61 Å². The predicted octanol–water partition coefficient (Wildman–Crippen LogP) is 2.63. The Morgan fingerprint density at radius 3 is 2.95 bits per heavy atom. The Labute approximate surface area is 108 Å². The minimum atomic E-state index is -4.51. The van der Waals surface area contributed by atoms with E-state index in [9.17, 15) is 18.0 Å². The van der Waals surface area contributed by atoms with Crippen LogP contribution in [0.1, 0.15) is 10.5 Å². The van der Waals surface area contributed by atoms with Gasteiger partial charge < -0.3 is 4.52 Å². The third-order valence-electron chi connectivity index (χ3n) is 1.91. The van der Waals surface area contributed by atoms with Crippen LogP contribution in [0.25, 0.3) is 10.6 Å². The standard InChI is InChI=1S/C10H7F3N2O3S/c11-10(12,13)5-17-15-9(16)6-4-7(18-14-6)8-2-1-3-19-8/h1-4H,5H2,(H,15,16). The number of hydrogen-bond donors (Lipinski definition) is 1. The van der Waals surface area contributed by atoms with Crippen LogP contribution in [0.2, 0.25) is 0 Å². The molecule has 0 aromatic carbocycles. The van der Waals surface area contributed by atoms with Gasteiger partial charge in [0.05, 0.1) is 4.88 Å². The maximum atomic E-state index is 11.8. The molecule has 1 amide bonds. The summed E-state index contributed by atoms with van der Waals surface area (Å²) in [6.07, 6.45) is -4.51. The summed E-state index contributed by atoms with van der Waals surface area (Å²) >= 11 is 1.38. The van der Waals surface area contributed by atoms with E-state index in [0.29, 0.717) is 5.76 Å². The average Bonchev–Trinajstić information content (AvgIpc) is 2.98. The highest BCUT2D eigenvalue weighted by Gasteiger charge is 2.28. The van der Waals surface area contributed by atoms with Crippen LogP contribution >= 0.6 is 11.3 Å². The number of hydrogen-bond acceptors (Lipinski definition) is 5. The summed E-state index contributed by atoms with van der Waals surface area (Å²) in [5.41, 5.74) is 1.47. The molecule has 0 aliphatic heterocycles. The molecular weight excluding hydrogens is 285 g/mol. The number of nitrogens with one attached hydrogen (secondary N) is 1. The molecule has 0 fully saturated rings. The highest BCUT2D eigenvalue weighted by Crippen LogP contribution is 2.25. The van der Waals surface area contributed by atoms with Gasteiger partial charge in [0, 0.05) is 6.07 Å². The van der Waals surface area contributed by atoms with Crippen molar-refractivity contribution >= 4 is 17.2 Å². The van der Waals surface area contributed by atoms with Gasteiger partial charge in [0.2, 0.25) is 0 Å². The number of nitrogens with zero attached hydrogens (tertiary/aromatic N) is 1. The Morgan fingerprint density at radius 1 is 1.53 bits per heavy atom. The van der Waals surface area contributed by atoms with Crippen LogP contribution in [0.5, 0.6) is 0 Å². The zero-order valence-electron chi connectivity index (χ0n) is 9.23. The summed E-state index contributed by atoms with van der Waals surface area (Å²) in [6, 6.07) is 4.86. The smallest absolute Gasteiger partial charge is 0.355 e. The number of thiophene rings is 1. The molecule has 5 nitrogen and oxygen atoms in total. The van der Waals surface area contributed by atoms with E-state index < -0.39 is 18.7 Å². The van der Waals surface area contributed by atoms with Crippen molar-refractivity contribution in [2.45, 2.75) is 6.18 Å². The molecule has 0 saturated heterocycles. The predicted molar refractivity (Wildman–Crippen MR) is 59.3 cm³/mol. The van der Waals surface area contributed by atoms with Gasteiger partial charge in [-0.05, 0) is 11.4 Å². The second kappa shape index (κ2) is 5.41. The Bertz CT molecular complexity index is 551. The fourth-order valence-corrected chi connectivity index (χ4v) is 1.83. The molecule has 0 radical (unpaired) electrons. The van der Waals surface area contributed by atoms with Crippen molar-refractivity contribution in [2.24, 2.45) is 0 Å². The van der Waals surface area contributed by atoms with E-state index in [2.05, 4.69) is 9.99 Å². The van der Waals surface area contributed by atoms with Gasteiger partial charge in [-0.1, -0.05) is 11.2 Å². The summed E-state index contributed by atoms with van der Waals surface area (Å²) in [4.78, 5) is 16.2. The SMILES string of the molecule is O=C(NOCC(F)(F)F)c1cc(-c2cccs2)on1. The first-order valence-corrected chi connectivity index (χ1v) is 5.83. The molecule has 2 aromatic rings. The molecule has 0 saturated carbocycles. The van der Waals surface area contributed by atoms with E-state index in [-0.39, 0.29) is 5.69 Å². The fraction of sp³-hybridized carbons (Fsp3) is 0.200. The van der Waals surface area contributed by atoms with Crippen molar-refractivity contribution in [1.29, 1.82) is 0 Å². The number of rotatable bonds is 4. The average molecular weight is 292 g/mol. The fourth-order valence-electron chi connectivity index (χ4n) is 1.15. The van der Waals surface area contributed by atoms with Gasteiger partial charge in [0.1, 0.15) is 0 Å². The second-order valence-corrected chi connectivity index (χ2v) is 4.34. The van der Waals surface area contributed by atoms with E-state index >= 15 is 0 Å². The summed E-state index contributed by atoms with van der Waals surface area (Å²) < 4.78 is 40.3. The highest BCUT2D eigenvalue weighted by molar-refractivity contribution is 7.13. The van der Waals surface area contributed by atoms with E-state index in [0.717, 1.165) is 4.88 Å². The normalized spacial score (nSPS) is 11.5. The molecule has 1 N–H and O–H groups in total. The van der Waals surface area contributed by atoms with Crippen molar-refractivity contribution in [1.82, 2.24) is 10.6 Å². The van der Waals surface area contributed by atoms with Crippen molar-refractivity contribution in [3.63, 3.8) is 0 Å². The molecule has 19 heavy (non-hydrogen) atoms. The molecule has 0 bridgehead atoms. The summed E-state index contributed by atoms with van der Waals surface area (Å²) in [5.74, 6) is -0.549. The van der Waals surface area contributed by atoms with Crippen LogP contribution < -0.4 is 5.48 Å². The van der Waals surface area contributed by atoms with Gasteiger partial charge in [0.25, 0.3) is 5.91 Å². The van der Waals surface area contributed by atoms with Gasteiger partial charge >= 0.3 is 6.18 Å². The lowest BCUT2D eigenvalue weighted by molar-refractivity contribution is -0.184. The lowest BCUT2D eigenvalue weighted by Gasteiger charge is -2.06. The van der Waals surface area contributed by atoms with Crippen LogP contribution in [-0.2, 0) is 4.84 Å². The lowest BCUT2D eigenvalue weighted by atomic mass is 10.3. The Kier molecular flexibility index (Phi) is 3.86. The molecule has 0 atom stereocenters. The Hall–Kier alpha value is -1.87. The van der Waals surface area contributed by atoms with Crippen LogP contribution in [0.3, 0.4) is 0 Å². The third-order valence-corrected chi connectivity index (χ3v) is 2.79. The molecule has 9 heteroatoms. The van der Waals surface area contributed by atoms with Gasteiger partial charge in [-0.3, -0.25) is 9.63 Å². The number of amides is 1. The minimum absolute atomic E-state index is 0.162. The first-order chi connectivity index (χ1) is 8.96. The van der Waals surface area contributed by atoms with Crippen molar-refractivity contribution in [3.05, 3.63) is 29.3 Å². The van der Waals surface area contributed by atoms with E-state index in [1.54, 1.807) is 17.6 Å². The lowest BCUT2D eigenvalue weighted by Crippen LogP contribution is -2.29. The first-order valence-electron chi connectivity index (χ1n) is 4.95. The maximum absolute atomic E-state index is 11.8. The summed E-state index contributed by atoms with van der Waals surface area (Å²) in [6.45, 7) is -1.58. The number of carbonyl (C=O) groups is 1. The number of hydroxylamine groups is 1. The second-order valence-electron chi connectivity index (χ2n) is 3.39. The topological polar surface area (TPSA) is 64.4 Å². The monoisotopic (exact) mass is 292 g/mol. The molecule has 0 unspecified atom stereocenters. The number of alkyl halides is 3. The molecular formula is C10H7F3N2O3S. The quantitative estimate of drug-likeness (QED) is 0.880. The van der Waals surface area contributed by atoms with Crippen molar-refractivity contribution < 1.29 is 27.3 Å². The number of aromatic nitrogens is 1. The zero-order chi connectivity index (χ0) is 13.9. The zero-order valence-corrected chi connectivity index (χ0v) is 10.0. The molecule has 2 heterocycles. The molecule has 2 aromatic heterocycles. The van der Waals surface area contributed by atoms with Gasteiger partial charge in [-0.2, -0.15) is 13.2 Å². The van der Waals surface area contributed by atoms with Crippen LogP contribution in [0.15, 0.2) is 28.1 Å². The van der Waals surface area contributed by atoms with Gasteiger partial charge in [-0.25, -0.2) is 5.48 Å². The highest BCUT2D eigenvalue weighted by atomic mass is 32.1. The maximum Gasteiger partial charge on any atom is 0.414 e. The number of halogens is 3. The molecule has 0 spiro atoms. The van der Waals surface area contributed by atoms with E-state index in [1.807, 2.05) is 5.38 Å². The minimum Gasteiger partial charge on any atom is -0.355 e. The van der Waals surface area contributed by atoms with Crippen LogP contribution in [-0.4, -0.2) is 23.8 Å². The van der Waals surface area contributed by atoms with Crippen LogP contribution in [0, 0.1) is 0 Å². The van der Waals surface area contributed by atoms with Crippen LogP contribution in [0.4, 0.5) is 13.2 Å². The van der Waals surface area contributed by atoms with Crippen molar-refractivity contribution in [3.8, 4) is 10.6 Å².